The molecule has 6 heteroatoms. The molecule has 0 spiro atoms. The normalized spacial score (nSPS) is 10.9. The smallest absolute Gasteiger partial charge is 0.422 e. The van der Waals surface area contributed by atoms with Crippen LogP contribution in [0.1, 0.15) is 5.56 Å². The average Bonchev–Trinajstić information content (AvgIpc) is 2.14. The van der Waals surface area contributed by atoms with Gasteiger partial charge in [-0.15, -0.1) is 0 Å². The Morgan fingerprint density at radius 3 is 2.47 bits per heavy atom. The zero-order valence-corrected chi connectivity index (χ0v) is 7.31. The van der Waals surface area contributed by atoms with Crippen molar-refractivity contribution in [2.24, 2.45) is 0 Å². The van der Waals surface area contributed by atoms with Crippen LogP contribution in [0.4, 0.5) is 17.6 Å². The van der Waals surface area contributed by atoms with E-state index in [4.69, 9.17) is 5.26 Å². The van der Waals surface area contributed by atoms with Crippen LogP contribution in [0, 0.1) is 17.1 Å². The van der Waals surface area contributed by atoms with Crippen molar-refractivity contribution in [3.8, 4) is 11.8 Å². The molecule has 0 aliphatic heterocycles. The first-order chi connectivity index (χ1) is 6.92. The van der Waals surface area contributed by atoms with E-state index in [0.717, 1.165) is 18.2 Å². The number of nitrogens with zero attached hydrogens (tertiary/aromatic N) is 1. The van der Waals surface area contributed by atoms with E-state index < -0.39 is 18.6 Å². The molecule has 0 unspecified atom stereocenters. The van der Waals surface area contributed by atoms with Gasteiger partial charge in [0.1, 0.15) is 17.6 Å². The molecule has 0 bridgehead atoms. The van der Waals surface area contributed by atoms with Crippen molar-refractivity contribution in [2.45, 2.75) is 6.18 Å². The maximum Gasteiger partial charge on any atom is 0.422 e. The van der Waals surface area contributed by atoms with Crippen LogP contribution < -0.4 is 4.74 Å². The van der Waals surface area contributed by atoms with Crippen LogP contribution in [0.15, 0.2) is 18.2 Å². The first-order valence-corrected chi connectivity index (χ1v) is 3.81. The minimum absolute atomic E-state index is 0.241. The molecule has 0 fully saturated rings. The summed E-state index contributed by atoms with van der Waals surface area (Å²) in [6.45, 7) is -1.49. The number of rotatable bonds is 2. The lowest BCUT2D eigenvalue weighted by molar-refractivity contribution is -0.153. The van der Waals surface area contributed by atoms with E-state index in [1.165, 1.54) is 0 Å². The molecule has 15 heavy (non-hydrogen) atoms. The number of alkyl halides is 3. The molecule has 1 aromatic carbocycles. The largest absolute Gasteiger partial charge is 0.484 e. The van der Waals surface area contributed by atoms with Crippen LogP contribution >= 0.6 is 0 Å². The Hall–Kier alpha value is -1.77. The molecule has 0 heterocycles. The summed E-state index contributed by atoms with van der Waals surface area (Å²) >= 11 is 0. The van der Waals surface area contributed by atoms with Crippen molar-refractivity contribution in [3.05, 3.63) is 29.6 Å². The molecule has 0 amide bonds. The topological polar surface area (TPSA) is 33.0 Å². The summed E-state index contributed by atoms with van der Waals surface area (Å²) in [5.74, 6) is -1.17. The number of nitriles is 1. The molecule has 0 radical (unpaired) electrons. The lowest BCUT2D eigenvalue weighted by atomic mass is 10.2. The van der Waals surface area contributed by atoms with Gasteiger partial charge in [-0.25, -0.2) is 4.39 Å². The molecule has 80 valence electrons. The molecule has 0 saturated heterocycles. The fourth-order valence-corrected chi connectivity index (χ4v) is 0.841. The zero-order chi connectivity index (χ0) is 11.5. The van der Waals surface area contributed by atoms with Gasteiger partial charge in [0.2, 0.25) is 0 Å². The molecule has 0 N–H and O–H groups in total. The van der Waals surface area contributed by atoms with Crippen molar-refractivity contribution >= 4 is 0 Å². The average molecular weight is 219 g/mol. The van der Waals surface area contributed by atoms with E-state index in [1.807, 2.05) is 0 Å². The van der Waals surface area contributed by atoms with E-state index in [1.54, 1.807) is 6.07 Å². The summed E-state index contributed by atoms with van der Waals surface area (Å²) in [7, 11) is 0. The molecule has 2 nitrogen and oxygen atoms in total. The number of hydrogen-bond acceptors (Lipinski definition) is 2. The quantitative estimate of drug-likeness (QED) is 0.716. The van der Waals surface area contributed by atoms with E-state index in [0.29, 0.717) is 0 Å². The Bertz CT molecular complexity index is 394. The van der Waals surface area contributed by atoms with Crippen LogP contribution in [-0.2, 0) is 0 Å². The van der Waals surface area contributed by atoms with E-state index in [-0.39, 0.29) is 11.3 Å². The Balaban J connectivity index is 2.73. The highest BCUT2D eigenvalue weighted by molar-refractivity contribution is 5.36. The highest BCUT2D eigenvalue weighted by Gasteiger charge is 2.28. The lowest BCUT2D eigenvalue weighted by Gasteiger charge is -2.08. The monoisotopic (exact) mass is 219 g/mol. The van der Waals surface area contributed by atoms with Gasteiger partial charge in [0.25, 0.3) is 0 Å². The number of hydrogen-bond donors (Lipinski definition) is 0. The fraction of sp³-hybridized carbons (Fsp3) is 0.222. The predicted octanol–water partition coefficient (Wildman–Crippen LogP) is 2.64. The Labute approximate surface area is 82.7 Å². The molecule has 1 rings (SSSR count). The van der Waals surface area contributed by atoms with Crippen LogP contribution in [-0.4, -0.2) is 12.8 Å². The van der Waals surface area contributed by atoms with Gasteiger partial charge >= 0.3 is 6.18 Å². The highest BCUT2D eigenvalue weighted by Crippen LogP contribution is 2.20. The van der Waals surface area contributed by atoms with Crippen LogP contribution in [0.3, 0.4) is 0 Å². The summed E-state index contributed by atoms with van der Waals surface area (Å²) < 4.78 is 52.3. The van der Waals surface area contributed by atoms with Gasteiger partial charge in [0.15, 0.2) is 6.61 Å². The van der Waals surface area contributed by atoms with Crippen molar-refractivity contribution in [1.29, 1.82) is 5.26 Å². The second-order valence-corrected chi connectivity index (χ2v) is 2.66. The van der Waals surface area contributed by atoms with Crippen LogP contribution in [0.25, 0.3) is 0 Å². The molecule has 1 aromatic rings. The molecule has 0 aliphatic rings. The van der Waals surface area contributed by atoms with Crippen molar-refractivity contribution in [1.82, 2.24) is 0 Å². The summed E-state index contributed by atoms with van der Waals surface area (Å²) in [6, 6.07) is 4.44. The van der Waals surface area contributed by atoms with E-state index in [9.17, 15) is 17.6 Å². The summed E-state index contributed by atoms with van der Waals surface area (Å²) in [6.07, 6.45) is -4.47. The van der Waals surface area contributed by atoms with Gasteiger partial charge in [-0.3, -0.25) is 0 Å². The Kier molecular flexibility index (Phi) is 3.14. The summed E-state index contributed by atoms with van der Waals surface area (Å²) in [5.41, 5.74) is -0.241. The number of ether oxygens (including phenoxy) is 1. The van der Waals surface area contributed by atoms with Gasteiger partial charge in [-0.05, 0) is 12.1 Å². The number of benzene rings is 1. The van der Waals surface area contributed by atoms with Crippen molar-refractivity contribution < 1.29 is 22.3 Å². The molecular weight excluding hydrogens is 214 g/mol. The first kappa shape index (κ1) is 11.3. The highest BCUT2D eigenvalue weighted by atomic mass is 19.4. The molecule has 0 atom stereocenters. The maximum atomic E-state index is 12.9. The van der Waals surface area contributed by atoms with E-state index >= 15 is 0 Å². The van der Waals surface area contributed by atoms with Gasteiger partial charge in [-0.1, -0.05) is 0 Å². The second kappa shape index (κ2) is 4.17. The van der Waals surface area contributed by atoms with Gasteiger partial charge < -0.3 is 4.74 Å². The summed E-state index contributed by atoms with van der Waals surface area (Å²) in [5, 5.41) is 8.36. The lowest BCUT2D eigenvalue weighted by Crippen LogP contribution is -2.19. The van der Waals surface area contributed by atoms with Crippen LogP contribution in [0.2, 0.25) is 0 Å². The third-order valence-electron chi connectivity index (χ3n) is 1.46. The summed E-state index contributed by atoms with van der Waals surface area (Å²) in [4.78, 5) is 0. The van der Waals surface area contributed by atoms with Crippen molar-refractivity contribution in [2.75, 3.05) is 6.61 Å². The zero-order valence-electron chi connectivity index (χ0n) is 7.31. The molecule has 0 saturated carbocycles. The fourth-order valence-electron chi connectivity index (χ4n) is 0.841. The first-order valence-electron chi connectivity index (χ1n) is 3.81. The SMILES string of the molecule is N#Cc1ccc(OCC(F)(F)F)cc1F. The van der Waals surface area contributed by atoms with Gasteiger partial charge in [0, 0.05) is 6.07 Å². The Morgan fingerprint density at radius 2 is 2.00 bits per heavy atom. The predicted molar refractivity (Wildman–Crippen MR) is 42.7 cm³/mol. The minimum atomic E-state index is -4.47. The number of halogens is 4. The Morgan fingerprint density at radius 1 is 1.33 bits per heavy atom. The van der Waals surface area contributed by atoms with Crippen molar-refractivity contribution in [3.63, 3.8) is 0 Å². The van der Waals surface area contributed by atoms with E-state index in [2.05, 4.69) is 4.74 Å². The van der Waals surface area contributed by atoms with Gasteiger partial charge in [0.05, 0.1) is 5.56 Å². The minimum Gasteiger partial charge on any atom is -0.484 e. The maximum absolute atomic E-state index is 12.9. The standard InChI is InChI=1S/C9H5F4NO/c10-8-3-7(2-1-6(8)4-14)15-5-9(11,12)13/h1-3H,5H2. The second-order valence-electron chi connectivity index (χ2n) is 2.66. The molecule has 0 aromatic heterocycles. The van der Waals surface area contributed by atoms with Crippen LogP contribution in [0.5, 0.6) is 5.75 Å². The molecule has 0 aliphatic carbocycles. The third-order valence-corrected chi connectivity index (χ3v) is 1.46. The molecular formula is C9H5F4NO. The third kappa shape index (κ3) is 3.46. The van der Waals surface area contributed by atoms with Gasteiger partial charge in [-0.2, -0.15) is 18.4 Å².